The van der Waals surface area contributed by atoms with Crippen LogP contribution in [0.3, 0.4) is 0 Å². The molecule has 1 aliphatic carbocycles. The van der Waals surface area contributed by atoms with Gasteiger partial charge in [-0.2, -0.15) is 5.10 Å². The highest BCUT2D eigenvalue weighted by Crippen LogP contribution is 2.40. The van der Waals surface area contributed by atoms with Gasteiger partial charge in [-0.15, -0.1) is 0 Å². The molecule has 2 heterocycles. The lowest BCUT2D eigenvalue weighted by Crippen LogP contribution is -2.27. The Bertz CT molecular complexity index is 1050. The van der Waals surface area contributed by atoms with Crippen LogP contribution in [0.5, 0.6) is 0 Å². The van der Waals surface area contributed by atoms with Crippen molar-refractivity contribution in [3.63, 3.8) is 0 Å². The van der Waals surface area contributed by atoms with E-state index in [0.717, 1.165) is 40.8 Å². The maximum atomic E-state index is 13.4. The molecule has 3 aromatic rings. The van der Waals surface area contributed by atoms with Crippen LogP contribution in [0.2, 0.25) is 0 Å². The molecule has 0 saturated heterocycles. The third-order valence-corrected chi connectivity index (χ3v) is 5.47. The zero-order chi connectivity index (χ0) is 19.3. The summed E-state index contributed by atoms with van der Waals surface area (Å²) >= 11 is 0. The van der Waals surface area contributed by atoms with Crippen molar-refractivity contribution in [3.8, 4) is 0 Å². The molecule has 27 heavy (non-hydrogen) atoms. The molecule has 0 bridgehead atoms. The van der Waals surface area contributed by atoms with E-state index >= 15 is 0 Å². The number of carbonyl (C=O) groups is 1. The fourth-order valence-corrected chi connectivity index (χ4v) is 3.78. The van der Waals surface area contributed by atoms with Crippen molar-refractivity contribution < 1.29 is 4.79 Å². The number of aromatic nitrogens is 3. The van der Waals surface area contributed by atoms with E-state index in [-0.39, 0.29) is 5.91 Å². The first-order valence-electron chi connectivity index (χ1n) is 9.51. The normalized spacial score (nSPS) is 14.0. The quantitative estimate of drug-likeness (QED) is 0.704. The number of pyridine rings is 1. The molecule has 1 fully saturated rings. The maximum absolute atomic E-state index is 13.4. The lowest BCUT2D eigenvalue weighted by atomic mass is 10.0. The Kier molecular flexibility index (Phi) is 4.25. The highest BCUT2D eigenvalue weighted by atomic mass is 16.2. The lowest BCUT2D eigenvalue weighted by molar-refractivity contribution is 0.0786. The third-order valence-electron chi connectivity index (χ3n) is 5.47. The molecule has 0 atom stereocenters. The fourth-order valence-electron chi connectivity index (χ4n) is 3.78. The fraction of sp³-hybridized carbons (Fsp3) is 0.409. The third kappa shape index (κ3) is 3.22. The van der Waals surface area contributed by atoms with Crippen molar-refractivity contribution >= 4 is 16.9 Å². The molecule has 1 amide bonds. The van der Waals surface area contributed by atoms with Gasteiger partial charge in [0.15, 0.2) is 5.65 Å². The molecule has 140 valence electrons. The van der Waals surface area contributed by atoms with Gasteiger partial charge in [-0.25, -0.2) is 4.98 Å². The summed E-state index contributed by atoms with van der Waals surface area (Å²) in [6.45, 7) is 6.72. The average Bonchev–Trinajstić information content (AvgIpc) is 3.43. The Morgan fingerprint density at radius 1 is 1.22 bits per heavy atom. The van der Waals surface area contributed by atoms with Gasteiger partial charge in [0, 0.05) is 32.3 Å². The standard InChI is InChI=1S/C22H26N4O/c1-13-6-7-17(14(2)10-13)12-25(4)22(27)18-11-19(16-8-9-16)23-21-20(18)15(3)24-26(21)5/h6-7,10-11,16H,8-9,12H2,1-5H3. The van der Waals surface area contributed by atoms with E-state index in [1.807, 2.05) is 27.1 Å². The number of benzene rings is 1. The molecule has 0 aliphatic heterocycles. The Labute approximate surface area is 160 Å². The van der Waals surface area contributed by atoms with Crippen LogP contribution in [-0.4, -0.2) is 32.6 Å². The van der Waals surface area contributed by atoms with Crippen LogP contribution < -0.4 is 0 Å². The molecule has 0 unspecified atom stereocenters. The van der Waals surface area contributed by atoms with E-state index in [1.165, 1.54) is 16.7 Å². The van der Waals surface area contributed by atoms with Crippen molar-refractivity contribution in [2.75, 3.05) is 7.05 Å². The summed E-state index contributed by atoms with van der Waals surface area (Å²) in [5.74, 6) is 0.515. The van der Waals surface area contributed by atoms with Gasteiger partial charge in [-0.1, -0.05) is 23.8 Å². The first-order valence-corrected chi connectivity index (χ1v) is 9.51. The predicted octanol–water partition coefficient (Wildman–Crippen LogP) is 4.04. The number of aryl methyl sites for hydroxylation is 4. The van der Waals surface area contributed by atoms with Crippen LogP contribution in [-0.2, 0) is 13.6 Å². The molecule has 5 heteroatoms. The Morgan fingerprint density at radius 3 is 2.63 bits per heavy atom. The van der Waals surface area contributed by atoms with Crippen molar-refractivity contribution in [1.82, 2.24) is 19.7 Å². The number of amides is 1. The maximum Gasteiger partial charge on any atom is 0.254 e. The summed E-state index contributed by atoms with van der Waals surface area (Å²) in [7, 11) is 3.77. The molecule has 2 aromatic heterocycles. The topological polar surface area (TPSA) is 51.0 Å². The van der Waals surface area contributed by atoms with Crippen LogP contribution in [0, 0.1) is 20.8 Å². The second-order valence-corrected chi connectivity index (χ2v) is 7.87. The highest BCUT2D eigenvalue weighted by molar-refractivity contribution is 6.06. The van der Waals surface area contributed by atoms with Crippen LogP contribution in [0.25, 0.3) is 11.0 Å². The summed E-state index contributed by atoms with van der Waals surface area (Å²) in [5.41, 5.74) is 7.03. The Morgan fingerprint density at radius 2 is 1.96 bits per heavy atom. The van der Waals surface area contributed by atoms with Gasteiger partial charge in [0.05, 0.1) is 16.6 Å². The number of nitrogens with zero attached hydrogens (tertiary/aromatic N) is 4. The number of fused-ring (bicyclic) bond motifs is 1. The second-order valence-electron chi connectivity index (χ2n) is 7.87. The molecule has 1 saturated carbocycles. The number of hydrogen-bond donors (Lipinski definition) is 0. The van der Waals surface area contributed by atoms with E-state index in [9.17, 15) is 4.79 Å². The molecule has 1 aromatic carbocycles. The van der Waals surface area contributed by atoms with Crippen molar-refractivity contribution in [1.29, 1.82) is 0 Å². The first kappa shape index (κ1) is 17.7. The Hall–Kier alpha value is -2.69. The largest absolute Gasteiger partial charge is 0.337 e. The molecular formula is C22H26N4O. The first-order chi connectivity index (χ1) is 12.8. The smallest absolute Gasteiger partial charge is 0.254 e. The van der Waals surface area contributed by atoms with E-state index in [4.69, 9.17) is 4.98 Å². The monoisotopic (exact) mass is 362 g/mol. The van der Waals surface area contributed by atoms with Gasteiger partial charge >= 0.3 is 0 Å². The van der Waals surface area contributed by atoms with Gasteiger partial charge in [-0.3, -0.25) is 9.48 Å². The van der Waals surface area contributed by atoms with Gasteiger partial charge in [0.25, 0.3) is 5.91 Å². The minimum atomic E-state index is 0.0281. The van der Waals surface area contributed by atoms with Gasteiger partial charge < -0.3 is 4.90 Å². The summed E-state index contributed by atoms with van der Waals surface area (Å²) in [5, 5.41) is 5.38. The molecule has 5 nitrogen and oxygen atoms in total. The molecule has 1 aliphatic rings. The summed E-state index contributed by atoms with van der Waals surface area (Å²) in [6, 6.07) is 8.37. The summed E-state index contributed by atoms with van der Waals surface area (Å²) < 4.78 is 1.79. The minimum absolute atomic E-state index is 0.0281. The van der Waals surface area contributed by atoms with Gasteiger partial charge in [0.2, 0.25) is 0 Å². The van der Waals surface area contributed by atoms with E-state index in [1.54, 1.807) is 9.58 Å². The summed E-state index contributed by atoms with van der Waals surface area (Å²) in [6.07, 6.45) is 2.31. The van der Waals surface area contributed by atoms with Crippen LogP contribution in [0.1, 0.15) is 57.2 Å². The van der Waals surface area contributed by atoms with Crippen LogP contribution in [0.15, 0.2) is 24.3 Å². The van der Waals surface area contributed by atoms with Crippen molar-refractivity contribution in [2.45, 2.75) is 46.1 Å². The number of rotatable bonds is 4. The van der Waals surface area contributed by atoms with Crippen molar-refractivity contribution in [2.24, 2.45) is 7.05 Å². The zero-order valence-corrected chi connectivity index (χ0v) is 16.7. The van der Waals surface area contributed by atoms with E-state index in [2.05, 4.69) is 37.1 Å². The van der Waals surface area contributed by atoms with Crippen molar-refractivity contribution in [3.05, 3.63) is 57.9 Å². The lowest BCUT2D eigenvalue weighted by Gasteiger charge is -2.20. The average molecular weight is 362 g/mol. The number of carbonyl (C=O) groups excluding carboxylic acids is 1. The SMILES string of the molecule is Cc1ccc(CN(C)C(=O)c2cc(C3CC3)nc3c2c(C)nn3C)c(C)c1. The molecule has 0 radical (unpaired) electrons. The van der Waals surface area contributed by atoms with Crippen LogP contribution in [0.4, 0.5) is 0 Å². The minimum Gasteiger partial charge on any atom is -0.337 e. The van der Waals surface area contributed by atoms with Crippen LogP contribution >= 0.6 is 0 Å². The summed E-state index contributed by atoms with van der Waals surface area (Å²) in [4.78, 5) is 20.0. The highest BCUT2D eigenvalue weighted by Gasteiger charge is 2.29. The molecule has 4 rings (SSSR count). The van der Waals surface area contributed by atoms with E-state index < -0.39 is 0 Å². The number of hydrogen-bond acceptors (Lipinski definition) is 3. The predicted molar refractivity (Wildman–Crippen MR) is 107 cm³/mol. The molecule has 0 spiro atoms. The van der Waals surface area contributed by atoms with Gasteiger partial charge in [0.1, 0.15) is 0 Å². The van der Waals surface area contributed by atoms with E-state index in [0.29, 0.717) is 12.5 Å². The molecule has 0 N–H and O–H groups in total. The molecular weight excluding hydrogens is 336 g/mol. The second kappa shape index (κ2) is 6.48. The zero-order valence-electron chi connectivity index (χ0n) is 16.7. The Balaban J connectivity index is 1.73. The van der Waals surface area contributed by atoms with Gasteiger partial charge in [-0.05, 0) is 50.8 Å².